The Balaban J connectivity index is 1.26. The van der Waals surface area contributed by atoms with Crippen molar-refractivity contribution in [3.63, 3.8) is 0 Å². The van der Waals surface area contributed by atoms with E-state index in [0.29, 0.717) is 18.2 Å². The van der Waals surface area contributed by atoms with E-state index in [4.69, 9.17) is 4.74 Å². The van der Waals surface area contributed by atoms with Crippen LogP contribution < -0.4 is 4.74 Å². The molecule has 2 aromatic carbocycles. The summed E-state index contributed by atoms with van der Waals surface area (Å²) >= 11 is 0. The maximum absolute atomic E-state index is 13.0. The summed E-state index contributed by atoms with van der Waals surface area (Å²) < 4.78 is 28.6. The summed E-state index contributed by atoms with van der Waals surface area (Å²) in [5.41, 5.74) is 1.86. The van der Waals surface area contributed by atoms with Gasteiger partial charge in [0.05, 0.1) is 12.0 Å². The largest absolute Gasteiger partial charge is 0.497 e. The first-order valence-electron chi connectivity index (χ1n) is 12.0. The number of sulfone groups is 1. The standard InChI is InChI=1S/C26H35N3O4S/c1-33-24-8-4-21(5-9-24)20-27-16-12-23(13-17-27)28-14-3-15-29(19-18-28)26(30)22-6-10-25(11-7-22)34(2,31)32/h4-11,23H,3,12-20H2,1-2H3. The van der Waals surface area contributed by atoms with Crippen LogP contribution in [0, 0.1) is 0 Å². The lowest BCUT2D eigenvalue weighted by molar-refractivity contribution is 0.0745. The molecule has 2 aliphatic heterocycles. The zero-order valence-electron chi connectivity index (χ0n) is 20.2. The molecular formula is C26H35N3O4S. The Morgan fingerprint density at radius 1 is 0.912 bits per heavy atom. The SMILES string of the molecule is COc1ccc(CN2CCC(N3CCCN(C(=O)c4ccc(S(C)(=O)=O)cc4)CC3)CC2)cc1. The molecule has 2 heterocycles. The van der Waals surface area contributed by atoms with Gasteiger partial charge in [-0.2, -0.15) is 0 Å². The van der Waals surface area contributed by atoms with Gasteiger partial charge in [0.2, 0.25) is 0 Å². The number of likely N-dealkylation sites (tertiary alicyclic amines) is 1. The second kappa shape index (κ2) is 10.9. The number of rotatable bonds is 6. The number of methoxy groups -OCH3 is 1. The van der Waals surface area contributed by atoms with Crippen LogP contribution in [0.3, 0.4) is 0 Å². The third kappa shape index (κ3) is 6.17. The number of ether oxygens (including phenoxy) is 1. The molecule has 4 rings (SSSR count). The Hall–Kier alpha value is -2.42. The molecule has 0 bridgehead atoms. The van der Waals surface area contributed by atoms with Crippen molar-refractivity contribution in [1.82, 2.24) is 14.7 Å². The lowest BCUT2D eigenvalue weighted by Gasteiger charge is -2.38. The molecule has 0 atom stereocenters. The van der Waals surface area contributed by atoms with Crippen molar-refractivity contribution in [3.8, 4) is 5.75 Å². The number of nitrogens with zero attached hydrogens (tertiary/aromatic N) is 3. The molecule has 34 heavy (non-hydrogen) atoms. The summed E-state index contributed by atoms with van der Waals surface area (Å²) in [5, 5.41) is 0. The van der Waals surface area contributed by atoms with Gasteiger partial charge in [-0.15, -0.1) is 0 Å². The minimum absolute atomic E-state index is 0.0174. The normalized spacial score (nSPS) is 19.1. The van der Waals surface area contributed by atoms with Crippen molar-refractivity contribution >= 4 is 15.7 Å². The maximum atomic E-state index is 13.0. The predicted octanol–water partition coefficient (Wildman–Crippen LogP) is 2.91. The van der Waals surface area contributed by atoms with Crippen molar-refractivity contribution in [2.45, 2.75) is 36.7 Å². The van der Waals surface area contributed by atoms with E-state index >= 15 is 0 Å². The molecule has 2 fully saturated rings. The Labute approximate surface area is 203 Å². The second-order valence-electron chi connectivity index (χ2n) is 9.33. The highest BCUT2D eigenvalue weighted by Gasteiger charge is 2.28. The van der Waals surface area contributed by atoms with E-state index in [1.54, 1.807) is 19.2 Å². The molecule has 2 saturated heterocycles. The highest BCUT2D eigenvalue weighted by atomic mass is 32.2. The maximum Gasteiger partial charge on any atom is 0.253 e. The van der Waals surface area contributed by atoms with Crippen LogP contribution in [0.2, 0.25) is 0 Å². The van der Waals surface area contributed by atoms with Gasteiger partial charge in [-0.1, -0.05) is 12.1 Å². The fourth-order valence-corrected chi connectivity index (χ4v) is 5.60. The number of benzene rings is 2. The molecule has 2 aliphatic rings. The van der Waals surface area contributed by atoms with E-state index in [9.17, 15) is 13.2 Å². The van der Waals surface area contributed by atoms with Crippen LogP contribution in [0.4, 0.5) is 0 Å². The van der Waals surface area contributed by atoms with Crippen LogP contribution in [0.5, 0.6) is 5.75 Å². The molecular weight excluding hydrogens is 450 g/mol. The highest BCUT2D eigenvalue weighted by molar-refractivity contribution is 7.90. The molecule has 0 saturated carbocycles. The van der Waals surface area contributed by atoms with Gasteiger partial charge in [0.25, 0.3) is 5.91 Å². The summed E-state index contributed by atoms with van der Waals surface area (Å²) in [5.74, 6) is 0.873. The fraction of sp³-hybridized carbons (Fsp3) is 0.500. The molecule has 2 aromatic rings. The molecule has 0 aromatic heterocycles. The van der Waals surface area contributed by atoms with Gasteiger partial charge in [-0.3, -0.25) is 14.6 Å². The summed E-state index contributed by atoms with van der Waals surface area (Å²) in [6.45, 7) is 6.48. The van der Waals surface area contributed by atoms with E-state index < -0.39 is 9.84 Å². The summed E-state index contributed by atoms with van der Waals surface area (Å²) in [6, 6.07) is 15.2. The number of carbonyl (C=O) groups excluding carboxylic acids is 1. The lowest BCUT2D eigenvalue weighted by atomic mass is 10.0. The zero-order valence-corrected chi connectivity index (χ0v) is 21.0. The smallest absolute Gasteiger partial charge is 0.253 e. The van der Waals surface area contributed by atoms with E-state index in [1.807, 2.05) is 17.0 Å². The van der Waals surface area contributed by atoms with Crippen molar-refractivity contribution < 1.29 is 17.9 Å². The zero-order chi connectivity index (χ0) is 24.1. The first-order valence-corrected chi connectivity index (χ1v) is 13.9. The molecule has 184 valence electrons. The quantitative estimate of drug-likeness (QED) is 0.627. The number of piperidine rings is 1. The number of amides is 1. The molecule has 1 amide bonds. The average molecular weight is 486 g/mol. The Morgan fingerprint density at radius 2 is 1.59 bits per heavy atom. The Morgan fingerprint density at radius 3 is 2.21 bits per heavy atom. The van der Waals surface area contributed by atoms with E-state index in [0.717, 1.165) is 64.3 Å². The molecule has 0 spiro atoms. The van der Waals surface area contributed by atoms with Gasteiger partial charge in [-0.25, -0.2) is 8.42 Å². The van der Waals surface area contributed by atoms with Gasteiger partial charge in [0, 0.05) is 50.6 Å². The van der Waals surface area contributed by atoms with Crippen LogP contribution in [-0.2, 0) is 16.4 Å². The number of hydrogen-bond acceptors (Lipinski definition) is 6. The van der Waals surface area contributed by atoms with Crippen molar-refractivity contribution in [1.29, 1.82) is 0 Å². The predicted molar refractivity (Wildman–Crippen MR) is 133 cm³/mol. The first kappa shape index (κ1) is 24.7. The molecule has 0 aliphatic carbocycles. The minimum Gasteiger partial charge on any atom is -0.497 e. The average Bonchev–Trinajstić information content (AvgIpc) is 3.10. The number of hydrogen-bond donors (Lipinski definition) is 0. The van der Waals surface area contributed by atoms with Crippen LogP contribution in [0.1, 0.15) is 35.2 Å². The topological polar surface area (TPSA) is 70.2 Å². The minimum atomic E-state index is -3.26. The summed E-state index contributed by atoms with van der Waals surface area (Å²) in [7, 11) is -1.57. The first-order chi connectivity index (χ1) is 16.3. The molecule has 0 radical (unpaired) electrons. The van der Waals surface area contributed by atoms with E-state index in [2.05, 4.69) is 21.9 Å². The van der Waals surface area contributed by atoms with Crippen LogP contribution in [0.15, 0.2) is 53.4 Å². The van der Waals surface area contributed by atoms with Crippen molar-refractivity contribution in [3.05, 3.63) is 59.7 Å². The molecule has 8 heteroatoms. The lowest BCUT2D eigenvalue weighted by Crippen LogP contribution is -2.46. The second-order valence-corrected chi connectivity index (χ2v) is 11.3. The van der Waals surface area contributed by atoms with Crippen molar-refractivity contribution in [2.24, 2.45) is 0 Å². The monoisotopic (exact) mass is 485 g/mol. The molecule has 0 N–H and O–H groups in total. The highest BCUT2D eigenvalue weighted by Crippen LogP contribution is 2.22. The molecule has 0 unspecified atom stereocenters. The van der Waals surface area contributed by atoms with Gasteiger partial charge < -0.3 is 9.64 Å². The number of carbonyl (C=O) groups is 1. The summed E-state index contributed by atoms with van der Waals surface area (Å²) in [4.78, 5) is 20.2. The van der Waals surface area contributed by atoms with Crippen LogP contribution in [0.25, 0.3) is 0 Å². The van der Waals surface area contributed by atoms with Crippen LogP contribution in [-0.4, -0.2) is 87.7 Å². The van der Waals surface area contributed by atoms with Gasteiger partial charge >= 0.3 is 0 Å². The van der Waals surface area contributed by atoms with E-state index in [1.165, 1.54) is 24.0 Å². The fourth-order valence-electron chi connectivity index (χ4n) is 4.96. The third-order valence-electron chi connectivity index (χ3n) is 6.99. The van der Waals surface area contributed by atoms with Gasteiger partial charge in [0.1, 0.15) is 5.75 Å². The van der Waals surface area contributed by atoms with E-state index in [-0.39, 0.29) is 10.8 Å². The van der Waals surface area contributed by atoms with Crippen molar-refractivity contribution in [2.75, 3.05) is 52.6 Å². The Kier molecular flexibility index (Phi) is 7.91. The summed E-state index contributed by atoms with van der Waals surface area (Å²) in [6.07, 6.45) is 4.43. The third-order valence-corrected chi connectivity index (χ3v) is 8.11. The van der Waals surface area contributed by atoms with Gasteiger partial charge in [-0.05, 0) is 74.3 Å². The molecule has 7 nitrogen and oxygen atoms in total. The van der Waals surface area contributed by atoms with Crippen LogP contribution >= 0.6 is 0 Å². The Bertz CT molecular complexity index is 1060. The van der Waals surface area contributed by atoms with Gasteiger partial charge in [0.15, 0.2) is 9.84 Å².